The Labute approximate surface area is 198 Å². The number of fused-ring (bicyclic) bond motifs is 1. The number of piperidine rings is 1. The van der Waals surface area contributed by atoms with Crippen molar-refractivity contribution in [2.45, 2.75) is 33.1 Å². The van der Waals surface area contributed by atoms with Crippen molar-refractivity contribution in [1.82, 2.24) is 4.90 Å². The first kappa shape index (κ1) is 22.3. The molecule has 0 saturated carbocycles. The fraction of sp³-hybridized carbons (Fsp3) is 0.423. The number of hydrogen-bond donors (Lipinski definition) is 1. The topological polar surface area (TPSA) is 88.2 Å². The van der Waals surface area contributed by atoms with E-state index >= 15 is 0 Å². The largest absolute Gasteiger partial charge is 0.454 e. The zero-order valence-electron chi connectivity index (χ0n) is 19.5. The van der Waals surface area contributed by atoms with Gasteiger partial charge in [0.05, 0.1) is 5.92 Å². The van der Waals surface area contributed by atoms with Crippen molar-refractivity contribution in [3.8, 4) is 11.5 Å². The molecule has 1 N–H and O–H groups in total. The van der Waals surface area contributed by atoms with Crippen LogP contribution >= 0.6 is 0 Å². The van der Waals surface area contributed by atoms with E-state index in [2.05, 4.69) is 5.32 Å². The molecule has 2 saturated heterocycles. The first-order valence-electron chi connectivity index (χ1n) is 11.8. The number of aryl methyl sites for hydroxylation is 1. The normalized spacial score (nSPS) is 20.1. The fourth-order valence-corrected chi connectivity index (χ4v) is 4.97. The second-order valence-corrected chi connectivity index (χ2v) is 9.28. The number of amides is 3. The lowest BCUT2D eigenvalue weighted by atomic mass is 9.94. The minimum atomic E-state index is -0.341. The molecule has 3 amide bonds. The summed E-state index contributed by atoms with van der Waals surface area (Å²) in [6, 6.07) is 11.2. The van der Waals surface area contributed by atoms with Crippen LogP contribution in [0.1, 0.15) is 30.4 Å². The Morgan fingerprint density at radius 1 is 1.00 bits per heavy atom. The maximum atomic E-state index is 13.2. The van der Waals surface area contributed by atoms with Crippen LogP contribution in [-0.4, -0.2) is 49.0 Å². The molecule has 0 radical (unpaired) electrons. The number of nitrogens with one attached hydrogen (secondary N) is 1. The maximum absolute atomic E-state index is 13.2. The highest BCUT2D eigenvalue weighted by Gasteiger charge is 2.39. The molecule has 8 heteroatoms. The molecule has 0 aromatic heterocycles. The van der Waals surface area contributed by atoms with Crippen LogP contribution in [-0.2, 0) is 14.4 Å². The second-order valence-electron chi connectivity index (χ2n) is 9.28. The van der Waals surface area contributed by atoms with Gasteiger partial charge in [-0.05, 0) is 56.0 Å². The van der Waals surface area contributed by atoms with Gasteiger partial charge in [-0.1, -0.05) is 12.1 Å². The van der Waals surface area contributed by atoms with Gasteiger partial charge in [0.1, 0.15) is 0 Å². The lowest BCUT2D eigenvalue weighted by molar-refractivity contribution is -0.138. The summed E-state index contributed by atoms with van der Waals surface area (Å²) >= 11 is 0. The van der Waals surface area contributed by atoms with Crippen LogP contribution in [0.5, 0.6) is 11.5 Å². The molecule has 3 aliphatic rings. The monoisotopic (exact) mass is 463 g/mol. The average Bonchev–Trinajstić information content (AvgIpc) is 3.46. The quantitative estimate of drug-likeness (QED) is 0.752. The fourth-order valence-electron chi connectivity index (χ4n) is 4.97. The lowest BCUT2D eigenvalue weighted by Gasteiger charge is -2.33. The molecule has 0 aliphatic carbocycles. The van der Waals surface area contributed by atoms with Crippen LogP contribution in [0.2, 0.25) is 0 Å². The molecule has 0 bridgehead atoms. The molecule has 8 nitrogen and oxygen atoms in total. The van der Waals surface area contributed by atoms with Crippen molar-refractivity contribution >= 4 is 29.1 Å². The van der Waals surface area contributed by atoms with E-state index < -0.39 is 0 Å². The van der Waals surface area contributed by atoms with Gasteiger partial charge in [-0.25, -0.2) is 0 Å². The molecule has 1 unspecified atom stereocenters. The van der Waals surface area contributed by atoms with Gasteiger partial charge in [-0.15, -0.1) is 0 Å². The second kappa shape index (κ2) is 9.00. The number of ether oxygens (including phenoxy) is 2. The van der Waals surface area contributed by atoms with Crippen molar-refractivity contribution < 1.29 is 23.9 Å². The van der Waals surface area contributed by atoms with Crippen LogP contribution in [0.15, 0.2) is 36.4 Å². The predicted molar refractivity (Wildman–Crippen MR) is 127 cm³/mol. The zero-order chi connectivity index (χ0) is 23.8. The summed E-state index contributed by atoms with van der Waals surface area (Å²) in [6.45, 7) is 5.67. The van der Waals surface area contributed by atoms with Gasteiger partial charge in [0.2, 0.25) is 24.5 Å². The first-order valence-corrected chi connectivity index (χ1v) is 11.8. The molecule has 178 valence electrons. The molecule has 2 fully saturated rings. The van der Waals surface area contributed by atoms with Gasteiger partial charge >= 0.3 is 0 Å². The Morgan fingerprint density at radius 2 is 1.76 bits per heavy atom. The standard InChI is InChI=1S/C26H29N3O5/c1-16-4-3-5-21(17(16)2)29-14-19(12-24(29)30)26(32)28-10-8-18(9-11-28)25(31)27-20-6-7-22-23(13-20)34-15-33-22/h3-7,13,18-19H,8-12,14-15H2,1-2H3,(H,27,31). The van der Waals surface area contributed by atoms with Gasteiger partial charge in [-0.2, -0.15) is 0 Å². The number of likely N-dealkylation sites (tertiary alicyclic amines) is 1. The Hall–Kier alpha value is -3.55. The third-order valence-corrected chi connectivity index (χ3v) is 7.16. The number of anilines is 2. The molecule has 3 aliphatic heterocycles. The Bertz CT molecular complexity index is 1140. The molecule has 0 spiro atoms. The van der Waals surface area contributed by atoms with Crippen molar-refractivity contribution in [3.63, 3.8) is 0 Å². The van der Waals surface area contributed by atoms with E-state index in [0.29, 0.717) is 49.7 Å². The number of rotatable bonds is 4. The number of carbonyl (C=O) groups is 3. The Morgan fingerprint density at radius 3 is 2.56 bits per heavy atom. The van der Waals surface area contributed by atoms with Crippen LogP contribution in [0, 0.1) is 25.7 Å². The number of hydrogen-bond acceptors (Lipinski definition) is 5. The highest BCUT2D eigenvalue weighted by Crippen LogP contribution is 2.35. The van der Waals surface area contributed by atoms with E-state index in [9.17, 15) is 14.4 Å². The molecule has 3 heterocycles. The van der Waals surface area contributed by atoms with Crippen molar-refractivity contribution in [1.29, 1.82) is 0 Å². The average molecular weight is 464 g/mol. The third kappa shape index (κ3) is 4.20. The van der Waals surface area contributed by atoms with Crippen LogP contribution < -0.4 is 19.7 Å². The van der Waals surface area contributed by atoms with Crippen LogP contribution in [0.3, 0.4) is 0 Å². The third-order valence-electron chi connectivity index (χ3n) is 7.16. The molecule has 34 heavy (non-hydrogen) atoms. The Kier molecular flexibility index (Phi) is 5.89. The first-order chi connectivity index (χ1) is 16.4. The molecule has 2 aromatic carbocycles. The van der Waals surface area contributed by atoms with E-state index in [4.69, 9.17) is 9.47 Å². The highest BCUT2D eigenvalue weighted by molar-refractivity contribution is 6.01. The minimum Gasteiger partial charge on any atom is -0.454 e. The van der Waals surface area contributed by atoms with Gasteiger partial charge < -0.3 is 24.6 Å². The van der Waals surface area contributed by atoms with Crippen LogP contribution in [0.25, 0.3) is 0 Å². The lowest BCUT2D eigenvalue weighted by Crippen LogP contribution is -2.44. The summed E-state index contributed by atoms with van der Waals surface area (Å²) in [6.07, 6.45) is 1.43. The van der Waals surface area contributed by atoms with Gasteiger partial charge in [-0.3, -0.25) is 14.4 Å². The van der Waals surface area contributed by atoms with Gasteiger partial charge in [0.25, 0.3) is 0 Å². The van der Waals surface area contributed by atoms with E-state index in [1.54, 1.807) is 23.1 Å². The van der Waals surface area contributed by atoms with E-state index in [0.717, 1.165) is 16.8 Å². The Balaban J connectivity index is 1.16. The van der Waals surface area contributed by atoms with E-state index in [1.165, 1.54) is 0 Å². The number of carbonyl (C=O) groups excluding carboxylic acids is 3. The zero-order valence-corrected chi connectivity index (χ0v) is 19.5. The number of nitrogens with zero attached hydrogens (tertiary/aromatic N) is 2. The maximum Gasteiger partial charge on any atom is 0.231 e. The summed E-state index contributed by atoms with van der Waals surface area (Å²) < 4.78 is 10.7. The van der Waals surface area contributed by atoms with Crippen molar-refractivity contribution in [3.05, 3.63) is 47.5 Å². The molecule has 2 aromatic rings. The summed E-state index contributed by atoms with van der Waals surface area (Å²) in [4.78, 5) is 42.2. The summed E-state index contributed by atoms with van der Waals surface area (Å²) in [5.74, 6) is 0.743. The highest BCUT2D eigenvalue weighted by atomic mass is 16.7. The van der Waals surface area contributed by atoms with Crippen molar-refractivity contribution in [2.75, 3.05) is 36.6 Å². The van der Waals surface area contributed by atoms with E-state index in [1.807, 2.05) is 36.9 Å². The summed E-state index contributed by atoms with van der Waals surface area (Å²) in [5.41, 5.74) is 3.75. The van der Waals surface area contributed by atoms with Gasteiger partial charge in [0.15, 0.2) is 11.5 Å². The summed E-state index contributed by atoms with van der Waals surface area (Å²) in [7, 11) is 0. The molecule has 5 rings (SSSR count). The molecular formula is C26H29N3O5. The SMILES string of the molecule is Cc1cccc(N2CC(C(=O)N3CCC(C(=O)Nc4ccc5c(c4)OCO5)CC3)CC2=O)c1C. The smallest absolute Gasteiger partial charge is 0.231 e. The minimum absolute atomic E-state index is 0.00922. The van der Waals surface area contributed by atoms with Crippen LogP contribution in [0.4, 0.5) is 11.4 Å². The summed E-state index contributed by atoms with van der Waals surface area (Å²) in [5, 5.41) is 2.95. The predicted octanol–water partition coefficient (Wildman–Crippen LogP) is 3.26. The molecular weight excluding hydrogens is 434 g/mol. The van der Waals surface area contributed by atoms with Crippen molar-refractivity contribution in [2.24, 2.45) is 11.8 Å². The molecule has 1 atom stereocenters. The number of benzene rings is 2. The van der Waals surface area contributed by atoms with E-state index in [-0.39, 0.29) is 42.8 Å². The van der Waals surface area contributed by atoms with Gasteiger partial charge in [0, 0.05) is 49.4 Å².